The molecule has 1 aromatic heterocycles. The zero-order valence-corrected chi connectivity index (χ0v) is 26.9. The normalized spacial score (nSPS) is 24.2. The molecule has 224 valence electrons. The first-order chi connectivity index (χ1) is 20.1. The van der Waals surface area contributed by atoms with Crippen LogP contribution >= 0.6 is 11.3 Å². The molecule has 0 spiro atoms. The number of ether oxygens (including phenoxy) is 3. The number of aromatic nitrogens is 1. The number of esters is 2. The lowest BCUT2D eigenvalue weighted by Gasteiger charge is -2.44. The molecule has 0 amide bonds. The smallest absolute Gasteiger partial charge is 0.357 e. The molecule has 1 saturated carbocycles. The minimum Gasteiger partial charge on any atom is -0.462 e. The number of rotatable bonds is 9. The van der Waals surface area contributed by atoms with Crippen LogP contribution in [0.3, 0.4) is 0 Å². The predicted molar refractivity (Wildman–Crippen MR) is 166 cm³/mol. The molecule has 1 aliphatic carbocycles. The fourth-order valence-corrected chi connectivity index (χ4v) is 12.2. The van der Waals surface area contributed by atoms with Gasteiger partial charge in [-0.15, -0.1) is 11.3 Å². The maximum absolute atomic E-state index is 12.2. The minimum absolute atomic E-state index is 0.00730. The lowest BCUT2D eigenvalue weighted by Crippen LogP contribution is -2.67. The number of benzene rings is 2. The van der Waals surface area contributed by atoms with Gasteiger partial charge in [-0.25, -0.2) is 9.78 Å². The maximum atomic E-state index is 12.2. The van der Waals surface area contributed by atoms with Crippen LogP contribution in [0, 0.1) is 11.8 Å². The van der Waals surface area contributed by atoms with Crippen molar-refractivity contribution in [3.05, 3.63) is 76.7 Å². The molecule has 2 fully saturated rings. The van der Waals surface area contributed by atoms with E-state index in [0.29, 0.717) is 25.3 Å². The van der Waals surface area contributed by atoms with Crippen LogP contribution in [-0.4, -0.2) is 50.7 Å². The molecule has 0 bridgehead atoms. The largest absolute Gasteiger partial charge is 0.462 e. The van der Waals surface area contributed by atoms with Gasteiger partial charge in [0, 0.05) is 31.2 Å². The van der Waals surface area contributed by atoms with Crippen molar-refractivity contribution in [2.45, 2.75) is 77.2 Å². The number of fused-ring (bicyclic) bond motifs is 1. The maximum Gasteiger partial charge on any atom is 0.357 e. The molecule has 9 heteroatoms. The van der Waals surface area contributed by atoms with Crippen LogP contribution < -0.4 is 10.4 Å². The molecule has 0 unspecified atom stereocenters. The SMILES string of the molecule is CCOC(=O)c1csc([C@H]2CC[C@@H]3[C@@H](CO[Si](c4ccccc4)(c4ccccc4)C(C)(C)C)[C@H](OC(C)=O)C[C@@H]3O2)n1. The molecule has 1 saturated heterocycles. The molecule has 7 nitrogen and oxygen atoms in total. The Kier molecular flexibility index (Phi) is 9.32. The van der Waals surface area contributed by atoms with Crippen molar-refractivity contribution in [3.8, 4) is 0 Å². The van der Waals surface area contributed by atoms with E-state index in [0.717, 1.165) is 17.8 Å². The summed E-state index contributed by atoms with van der Waals surface area (Å²) in [6, 6.07) is 21.2. The van der Waals surface area contributed by atoms with Gasteiger partial charge in [0.1, 0.15) is 17.2 Å². The van der Waals surface area contributed by atoms with Crippen LogP contribution in [0.2, 0.25) is 5.04 Å². The third kappa shape index (κ3) is 6.11. The Bertz CT molecular complexity index is 1320. The summed E-state index contributed by atoms with van der Waals surface area (Å²) in [5.74, 6) is -0.504. The molecular formula is C33H41NO6SSi. The lowest BCUT2D eigenvalue weighted by atomic mass is 9.87. The van der Waals surface area contributed by atoms with Gasteiger partial charge in [-0.1, -0.05) is 81.4 Å². The van der Waals surface area contributed by atoms with Crippen LogP contribution in [-0.2, 0) is 23.4 Å². The van der Waals surface area contributed by atoms with E-state index in [9.17, 15) is 9.59 Å². The van der Waals surface area contributed by atoms with Crippen LogP contribution in [0.25, 0.3) is 0 Å². The Morgan fingerprint density at radius 1 is 1.02 bits per heavy atom. The number of carbonyl (C=O) groups excluding carboxylic acids is 2. The van der Waals surface area contributed by atoms with Crippen LogP contribution in [0.4, 0.5) is 0 Å². The molecule has 0 N–H and O–H groups in total. The van der Waals surface area contributed by atoms with E-state index in [2.05, 4.69) is 74.3 Å². The highest BCUT2D eigenvalue weighted by Crippen LogP contribution is 2.48. The fraction of sp³-hybridized carbons (Fsp3) is 0.485. The Labute approximate surface area is 253 Å². The molecule has 2 heterocycles. The van der Waals surface area contributed by atoms with Crippen molar-refractivity contribution in [2.24, 2.45) is 11.8 Å². The monoisotopic (exact) mass is 607 g/mol. The number of thiazole rings is 1. The average Bonchev–Trinajstić information content (AvgIpc) is 3.59. The van der Waals surface area contributed by atoms with Crippen molar-refractivity contribution in [3.63, 3.8) is 0 Å². The molecule has 3 aromatic rings. The standard InChI is InChI=1S/C33H41NO6SSi/c1-6-37-32(36)27-21-41-31(34-27)28-18-17-25-26(30(39-22(2)35)19-29(25)40-28)20-38-42(33(3,4)5,23-13-9-7-10-14-23)24-15-11-8-12-16-24/h7-16,21,25-26,28-30H,6,17-20H2,1-5H3/t25-,26-,28-,29+,30-/m1/s1. The highest BCUT2D eigenvalue weighted by Gasteiger charge is 2.54. The van der Waals surface area contributed by atoms with Crippen molar-refractivity contribution < 1.29 is 28.2 Å². The molecule has 0 radical (unpaired) electrons. The Morgan fingerprint density at radius 3 is 2.24 bits per heavy atom. The quantitative estimate of drug-likeness (QED) is 0.229. The predicted octanol–water partition coefficient (Wildman–Crippen LogP) is 5.68. The second-order valence-electron chi connectivity index (χ2n) is 12.2. The summed E-state index contributed by atoms with van der Waals surface area (Å²) in [6.07, 6.45) is 1.71. The first kappa shape index (κ1) is 30.6. The Balaban J connectivity index is 1.41. The van der Waals surface area contributed by atoms with Crippen LogP contribution in [0.5, 0.6) is 0 Å². The summed E-state index contributed by atoms with van der Waals surface area (Å²) >= 11 is 1.43. The van der Waals surface area contributed by atoms with Gasteiger partial charge in [0.25, 0.3) is 8.32 Å². The lowest BCUT2D eigenvalue weighted by molar-refractivity contribution is -0.149. The van der Waals surface area contributed by atoms with Crippen molar-refractivity contribution in [1.82, 2.24) is 4.98 Å². The second kappa shape index (κ2) is 12.8. The molecule has 5 rings (SSSR count). The number of hydrogen-bond acceptors (Lipinski definition) is 8. The van der Waals surface area contributed by atoms with Crippen molar-refractivity contribution >= 4 is 42.0 Å². The third-order valence-corrected chi connectivity index (χ3v) is 14.5. The second-order valence-corrected chi connectivity index (χ2v) is 17.4. The third-order valence-electron chi connectivity index (χ3n) is 8.58. The highest BCUT2D eigenvalue weighted by molar-refractivity contribution is 7.09. The van der Waals surface area contributed by atoms with Gasteiger partial charge >= 0.3 is 11.9 Å². The van der Waals surface area contributed by atoms with E-state index in [4.69, 9.17) is 18.6 Å². The van der Waals surface area contributed by atoms with Gasteiger partial charge in [-0.05, 0) is 41.1 Å². The molecule has 2 aliphatic rings. The first-order valence-corrected chi connectivity index (χ1v) is 17.6. The molecule has 42 heavy (non-hydrogen) atoms. The number of carbonyl (C=O) groups is 2. The summed E-state index contributed by atoms with van der Waals surface area (Å²) in [6.45, 7) is 10.9. The van der Waals surface area contributed by atoms with Gasteiger partial charge in [-0.3, -0.25) is 4.79 Å². The Morgan fingerprint density at radius 2 is 1.67 bits per heavy atom. The van der Waals surface area contributed by atoms with Gasteiger partial charge < -0.3 is 18.6 Å². The van der Waals surface area contributed by atoms with E-state index < -0.39 is 14.3 Å². The first-order valence-electron chi connectivity index (χ1n) is 14.8. The van der Waals surface area contributed by atoms with Crippen molar-refractivity contribution in [1.29, 1.82) is 0 Å². The van der Waals surface area contributed by atoms with E-state index >= 15 is 0 Å². The summed E-state index contributed by atoms with van der Waals surface area (Å²) in [5, 5.41) is 4.82. The van der Waals surface area contributed by atoms with E-state index in [1.165, 1.54) is 28.6 Å². The minimum atomic E-state index is -2.76. The van der Waals surface area contributed by atoms with E-state index in [1.807, 2.05) is 12.1 Å². The molecule has 1 aliphatic heterocycles. The summed E-state index contributed by atoms with van der Waals surface area (Å²) in [5.41, 5.74) is 0.323. The van der Waals surface area contributed by atoms with E-state index in [1.54, 1.807) is 12.3 Å². The van der Waals surface area contributed by atoms with Gasteiger partial charge in [0.2, 0.25) is 0 Å². The van der Waals surface area contributed by atoms with E-state index in [-0.39, 0.29) is 41.2 Å². The van der Waals surface area contributed by atoms with Gasteiger partial charge in [-0.2, -0.15) is 0 Å². The summed E-state index contributed by atoms with van der Waals surface area (Å²) in [4.78, 5) is 28.9. The zero-order valence-electron chi connectivity index (χ0n) is 25.1. The highest BCUT2D eigenvalue weighted by atomic mass is 32.1. The number of hydrogen-bond donors (Lipinski definition) is 0. The average molecular weight is 608 g/mol. The summed E-state index contributed by atoms with van der Waals surface area (Å²) < 4.78 is 25.0. The zero-order chi connectivity index (χ0) is 29.9. The molecule has 5 atom stereocenters. The topological polar surface area (TPSA) is 84.0 Å². The molecule has 2 aromatic carbocycles. The van der Waals surface area contributed by atoms with Crippen molar-refractivity contribution in [2.75, 3.05) is 13.2 Å². The fourth-order valence-electron chi connectivity index (χ4n) is 6.79. The number of nitrogens with zero attached hydrogens (tertiary/aromatic N) is 1. The van der Waals surface area contributed by atoms with Gasteiger partial charge in [0.15, 0.2) is 5.69 Å². The van der Waals surface area contributed by atoms with Crippen LogP contribution in [0.15, 0.2) is 66.0 Å². The summed E-state index contributed by atoms with van der Waals surface area (Å²) in [7, 11) is -2.76. The molecular weight excluding hydrogens is 567 g/mol. The van der Waals surface area contributed by atoms with Crippen LogP contribution in [0.1, 0.15) is 75.5 Å². The Hall–Kier alpha value is -2.85. The van der Waals surface area contributed by atoms with Gasteiger partial charge in [0.05, 0.1) is 12.7 Å².